The summed E-state index contributed by atoms with van der Waals surface area (Å²) in [5.74, 6) is 1.19. The first-order chi connectivity index (χ1) is 8.31. The molecule has 2 heterocycles. The second kappa shape index (κ2) is 6.39. The molecule has 94 valence electrons. The normalized spacial score (nSPS) is 17.6. The highest BCUT2D eigenvalue weighted by Crippen LogP contribution is 2.22. The summed E-state index contributed by atoms with van der Waals surface area (Å²) in [7, 11) is 0. The average Bonchev–Trinajstić information content (AvgIpc) is 2.29. The third kappa shape index (κ3) is 3.44. The molecule has 0 atom stereocenters. The molecule has 1 aromatic rings. The minimum Gasteiger partial charge on any atom is -0.356 e. The molecule has 0 saturated carbocycles. The summed E-state index contributed by atoms with van der Waals surface area (Å²) in [5, 5.41) is 0.890. The van der Waals surface area contributed by atoms with Crippen molar-refractivity contribution in [3.05, 3.63) is 23.4 Å². The fourth-order valence-corrected chi connectivity index (χ4v) is 2.80. The molecule has 2 rings (SSSR count). The van der Waals surface area contributed by atoms with E-state index < -0.39 is 0 Å². The van der Waals surface area contributed by atoms with E-state index in [9.17, 15) is 0 Å². The Hall–Kier alpha value is -0.570. The molecule has 1 fully saturated rings. The standard InChI is InChI=1S/C14H21BrN2/c1-12-9-13(10-15)11-16-14(12)17-7-5-3-2-4-6-8-17/h9,11H,2-8,10H2,1H3. The Morgan fingerprint density at radius 1 is 1.18 bits per heavy atom. The number of rotatable bonds is 2. The van der Waals surface area contributed by atoms with Gasteiger partial charge in [-0.05, 0) is 30.9 Å². The number of aryl methyl sites for hydroxylation is 1. The molecular formula is C14H21BrN2. The lowest BCUT2D eigenvalue weighted by molar-refractivity contribution is 0.553. The third-order valence-corrected chi connectivity index (χ3v) is 4.06. The Kier molecular flexibility index (Phi) is 4.84. The maximum absolute atomic E-state index is 4.64. The third-order valence-electron chi connectivity index (χ3n) is 3.42. The largest absolute Gasteiger partial charge is 0.356 e. The van der Waals surface area contributed by atoms with Crippen molar-refractivity contribution in [3.8, 4) is 0 Å². The monoisotopic (exact) mass is 296 g/mol. The molecule has 0 N–H and O–H groups in total. The average molecular weight is 297 g/mol. The number of halogens is 1. The molecule has 1 saturated heterocycles. The predicted octanol–water partition coefficient (Wildman–Crippen LogP) is 4.06. The van der Waals surface area contributed by atoms with E-state index in [1.807, 2.05) is 6.20 Å². The summed E-state index contributed by atoms with van der Waals surface area (Å²) in [4.78, 5) is 7.11. The van der Waals surface area contributed by atoms with Crippen LogP contribution in [0.4, 0.5) is 5.82 Å². The lowest BCUT2D eigenvalue weighted by Gasteiger charge is -2.27. The van der Waals surface area contributed by atoms with Gasteiger partial charge in [0.1, 0.15) is 5.82 Å². The van der Waals surface area contributed by atoms with Crippen LogP contribution in [0.15, 0.2) is 12.3 Å². The molecule has 0 aromatic carbocycles. The van der Waals surface area contributed by atoms with Crippen molar-refractivity contribution in [2.24, 2.45) is 0 Å². The van der Waals surface area contributed by atoms with Gasteiger partial charge in [0, 0.05) is 24.6 Å². The van der Waals surface area contributed by atoms with Crippen molar-refractivity contribution >= 4 is 21.7 Å². The highest BCUT2D eigenvalue weighted by Gasteiger charge is 2.12. The van der Waals surface area contributed by atoms with Gasteiger partial charge in [0.2, 0.25) is 0 Å². The van der Waals surface area contributed by atoms with E-state index in [4.69, 9.17) is 0 Å². The van der Waals surface area contributed by atoms with Crippen LogP contribution >= 0.6 is 15.9 Å². The van der Waals surface area contributed by atoms with E-state index in [0.29, 0.717) is 0 Å². The SMILES string of the molecule is Cc1cc(CBr)cnc1N1CCCCCCC1. The maximum Gasteiger partial charge on any atom is 0.131 e. The van der Waals surface area contributed by atoms with Crippen LogP contribution in [-0.4, -0.2) is 18.1 Å². The molecule has 1 aliphatic heterocycles. The Bertz CT molecular complexity index is 357. The van der Waals surface area contributed by atoms with Crippen LogP contribution in [0.5, 0.6) is 0 Å². The zero-order chi connectivity index (χ0) is 12.1. The summed E-state index contributed by atoms with van der Waals surface area (Å²) in [6.45, 7) is 4.51. The van der Waals surface area contributed by atoms with Crippen molar-refractivity contribution in [1.29, 1.82) is 0 Å². The number of pyridine rings is 1. The van der Waals surface area contributed by atoms with E-state index in [1.165, 1.54) is 62.1 Å². The first-order valence-electron chi connectivity index (χ1n) is 6.57. The molecule has 0 spiro atoms. The Labute approximate surface area is 113 Å². The van der Waals surface area contributed by atoms with E-state index >= 15 is 0 Å². The Morgan fingerprint density at radius 3 is 2.41 bits per heavy atom. The van der Waals surface area contributed by atoms with Gasteiger partial charge >= 0.3 is 0 Å². The van der Waals surface area contributed by atoms with Crippen molar-refractivity contribution in [1.82, 2.24) is 4.98 Å². The van der Waals surface area contributed by atoms with Gasteiger partial charge in [-0.15, -0.1) is 0 Å². The van der Waals surface area contributed by atoms with Crippen LogP contribution < -0.4 is 4.90 Å². The fourth-order valence-electron chi connectivity index (χ4n) is 2.49. The molecule has 0 unspecified atom stereocenters. The molecule has 0 aliphatic carbocycles. The number of anilines is 1. The van der Waals surface area contributed by atoms with E-state index in [1.54, 1.807) is 0 Å². The zero-order valence-electron chi connectivity index (χ0n) is 10.6. The predicted molar refractivity (Wildman–Crippen MR) is 76.9 cm³/mol. The molecule has 3 heteroatoms. The van der Waals surface area contributed by atoms with Gasteiger partial charge in [0.25, 0.3) is 0 Å². The fraction of sp³-hybridized carbons (Fsp3) is 0.643. The smallest absolute Gasteiger partial charge is 0.131 e. The van der Waals surface area contributed by atoms with Gasteiger partial charge in [-0.25, -0.2) is 4.98 Å². The van der Waals surface area contributed by atoms with Gasteiger partial charge in [0.15, 0.2) is 0 Å². The molecule has 2 nitrogen and oxygen atoms in total. The summed E-state index contributed by atoms with van der Waals surface area (Å²) in [5.41, 5.74) is 2.57. The van der Waals surface area contributed by atoms with Gasteiger partial charge in [0.05, 0.1) is 0 Å². The highest BCUT2D eigenvalue weighted by atomic mass is 79.9. The molecule has 1 aliphatic rings. The van der Waals surface area contributed by atoms with Crippen LogP contribution in [0, 0.1) is 6.92 Å². The molecular weight excluding hydrogens is 276 g/mol. The summed E-state index contributed by atoms with van der Waals surface area (Å²) in [6, 6.07) is 2.25. The van der Waals surface area contributed by atoms with E-state index in [0.717, 1.165) is 5.33 Å². The van der Waals surface area contributed by atoms with Crippen molar-refractivity contribution < 1.29 is 0 Å². The first kappa shape index (κ1) is 12.9. The Balaban J connectivity index is 2.13. The first-order valence-corrected chi connectivity index (χ1v) is 7.70. The van der Waals surface area contributed by atoms with Crippen LogP contribution in [0.1, 0.15) is 43.2 Å². The van der Waals surface area contributed by atoms with Crippen LogP contribution in [-0.2, 0) is 5.33 Å². The molecule has 0 radical (unpaired) electrons. The van der Waals surface area contributed by atoms with E-state index in [-0.39, 0.29) is 0 Å². The minimum atomic E-state index is 0.890. The van der Waals surface area contributed by atoms with Crippen molar-refractivity contribution in [3.63, 3.8) is 0 Å². The van der Waals surface area contributed by atoms with Crippen LogP contribution in [0.3, 0.4) is 0 Å². The topological polar surface area (TPSA) is 16.1 Å². The molecule has 17 heavy (non-hydrogen) atoms. The van der Waals surface area contributed by atoms with Crippen LogP contribution in [0.2, 0.25) is 0 Å². The van der Waals surface area contributed by atoms with Gasteiger partial charge in [-0.2, -0.15) is 0 Å². The second-order valence-electron chi connectivity index (χ2n) is 4.87. The van der Waals surface area contributed by atoms with Crippen molar-refractivity contribution in [2.75, 3.05) is 18.0 Å². The minimum absolute atomic E-state index is 0.890. The lowest BCUT2D eigenvalue weighted by Crippen LogP contribution is -2.28. The number of hydrogen-bond donors (Lipinski definition) is 0. The zero-order valence-corrected chi connectivity index (χ0v) is 12.2. The van der Waals surface area contributed by atoms with Gasteiger partial charge in [-0.3, -0.25) is 0 Å². The molecule has 1 aromatic heterocycles. The van der Waals surface area contributed by atoms with Crippen LogP contribution in [0.25, 0.3) is 0 Å². The number of nitrogens with zero attached hydrogens (tertiary/aromatic N) is 2. The van der Waals surface area contributed by atoms with Gasteiger partial charge in [-0.1, -0.05) is 41.3 Å². The number of hydrogen-bond acceptors (Lipinski definition) is 2. The van der Waals surface area contributed by atoms with Gasteiger partial charge < -0.3 is 4.90 Å². The lowest BCUT2D eigenvalue weighted by atomic mass is 10.1. The second-order valence-corrected chi connectivity index (χ2v) is 5.43. The van der Waals surface area contributed by atoms with Crippen molar-refractivity contribution in [2.45, 2.75) is 44.4 Å². The molecule has 0 amide bonds. The number of alkyl halides is 1. The number of aromatic nitrogens is 1. The quantitative estimate of drug-likeness (QED) is 0.765. The molecule has 0 bridgehead atoms. The Morgan fingerprint density at radius 2 is 1.82 bits per heavy atom. The summed E-state index contributed by atoms with van der Waals surface area (Å²) < 4.78 is 0. The summed E-state index contributed by atoms with van der Waals surface area (Å²) in [6.07, 6.45) is 8.76. The van der Waals surface area contributed by atoms with E-state index in [2.05, 4.69) is 38.8 Å². The summed E-state index contributed by atoms with van der Waals surface area (Å²) >= 11 is 3.48. The maximum atomic E-state index is 4.64. The highest BCUT2D eigenvalue weighted by molar-refractivity contribution is 9.08.